The van der Waals surface area contributed by atoms with Gasteiger partial charge in [0.1, 0.15) is 0 Å². The molecule has 0 radical (unpaired) electrons. The summed E-state index contributed by atoms with van der Waals surface area (Å²) in [6.45, 7) is 5.92. The zero-order chi connectivity index (χ0) is 13.4. The summed E-state index contributed by atoms with van der Waals surface area (Å²) < 4.78 is 5.43. The molecule has 0 saturated carbocycles. The summed E-state index contributed by atoms with van der Waals surface area (Å²) in [5.41, 5.74) is 0. The summed E-state index contributed by atoms with van der Waals surface area (Å²) in [4.78, 5) is 14.0. The molecule has 0 spiro atoms. The maximum Gasteiger partial charge on any atom is 0.223 e. The normalized spacial score (nSPS) is 24.2. The molecule has 1 aliphatic rings. The summed E-state index contributed by atoms with van der Waals surface area (Å²) in [7, 11) is 4.03. The molecule has 5 heteroatoms. The molecule has 18 heavy (non-hydrogen) atoms. The number of hydrogen-bond acceptors (Lipinski definition) is 4. The van der Waals surface area contributed by atoms with Gasteiger partial charge in [-0.3, -0.25) is 4.79 Å². The predicted octanol–water partition coefficient (Wildman–Crippen LogP) is 0.0689. The third-order valence-electron chi connectivity index (χ3n) is 3.22. The number of hydrogen-bond donors (Lipinski definition) is 2. The lowest BCUT2D eigenvalue weighted by molar-refractivity contribution is -0.126. The SMILES string of the molecule is CC1CC(C(=O)NCCOCCN(C)C)CCN1. The molecule has 1 saturated heterocycles. The Balaban J connectivity index is 2.02. The van der Waals surface area contributed by atoms with Crippen LogP contribution in [0.5, 0.6) is 0 Å². The van der Waals surface area contributed by atoms with Crippen molar-refractivity contribution in [3.63, 3.8) is 0 Å². The first-order valence-electron chi connectivity index (χ1n) is 6.83. The van der Waals surface area contributed by atoms with Crippen LogP contribution in [0.15, 0.2) is 0 Å². The van der Waals surface area contributed by atoms with E-state index in [-0.39, 0.29) is 11.8 Å². The average Bonchev–Trinajstić information content (AvgIpc) is 2.33. The van der Waals surface area contributed by atoms with Gasteiger partial charge in [0.15, 0.2) is 0 Å². The molecule has 106 valence electrons. The Hall–Kier alpha value is -0.650. The van der Waals surface area contributed by atoms with E-state index in [0.717, 1.165) is 25.9 Å². The molecule has 1 rings (SSSR count). The summed E-state index contributed by atoms with van der Waals surface area (Å²) in [5.74, 6) is 0.350. The standard InChI is InChI=1S/C13H27N3O2/c1-11-10-12(4-5-14-11)13(17)15-6-8-18-9-7-16(2)3/h11-12,14H,4-10H2,1-3H3,(H,15,17). The first-order chi connectivity index (χ1) is 8.59. The molecule has 1 fully saturated rings. The van der Waals surface area contributed by atoms with Gasteiger partial charge >= 0.3 is 0 Å². The van der Waals surface area contributed by atoms with E-state index in [1.54, 1.807) is 0 Å². The number of ether oxygens (including phenoxy) is 1. The molecule has 1 amide bonds. The van der Waals surface area contributed by atoms with Gasteiger partial charge in [0, 0.05) is 25.0 Å². The zero-order valence-corrected chi connectivity index (χ0v) is 11.9. The van der Waals surface area contributed by atoms with Gasteiger partial charge < -0.3 is 20.3 Å². The molecular weight excluding hydrogens is 230 g/mol. The minimum atomic E-state index is 0.169. The van der Waals surface area contributed by atoms with E-state index in [1.807, 2.05) is 14.1 Å². The quantitative estimate of drug-likeness (QED) is 0.634. The van der Waals surface area contributed by atoms with Crippen molar-refractivity contribution in [3.05, 3.63) is 0 Å². The second-order valence-electron chi connectivity index (χ2n) is 5.28. The smallest absolute Gasteiger partial charge is 0.223 e. The van der Waals surface area contributed by atoms with Crippen LogP contribution in [0.2, 0.25) is 0 Å². The van der Waals surface area contributed by atoms with Crippen molar-refractivity contribution in [1.29, 1.82) is 0 Å². The molecule has 2 unspecified atom stereocenters. The number of likely N-dealkylation sites (N-methyl/N-ethyl adjacent to an activating group) is 1. The van der Waals surface area contributed by atoms with Gasteiger partial charge in [-0.1, -0.05) is 0 Å². The van der Waals surface area contributed by atoms with Gasteiger partial charge in [0.25, 0.3) is 0 Å². The molecule has 1 heterocycles. The molecule has 0 aromatic carbocycles. The Morgan fingerprint density at radius 3 is 2.89 bits per heavy atom. The molecule has 0 aromatic heterocycles. The Labute approximate surface area is 110 Å². The topological polar surface area (TPSA) is 53.6 Å². The highest BCUT2D eigenvalue weighted by molar-refractivity contribution is 5.78. The van der Waals surface area contributed by atoms with E-state index >= 15 is 0 Å². The van der Waals surface area contributed by atoms with Gasteiger partial charge in [0.05, 0.1) is 13.2 Å². The van der Waals surface area contributed by atoms with E-state index in [4.69, 9.17) is 4.74 Å². The van der Waals surface area contributed by atoms with Crippen molar-refractivity contribution in [2.75, 3.05) is 46.9 Å². The van der Waals surface area contributed by atoms with Gasteiger partial charge in [-0.05, 0) is 40.4 Å². The van der Waals surface area contributed by atoms with Crippen LogP contribution in [0.25, 0.3) is 0 Å². The maximum absolute atomic E-state index is 11.9. The van der Waals surface area contributed by atoms with E-state index < -0.39 is 0 Å². The minimum absolute atomic E-state index is 0.169. The lowest BCUT2D eigenvalue weighted by Crippen LogP contribution is -2.43. The predicted molar refractivity (Wildman–Crippen MR) is 72.6 cm³/mol. The van der Waals surface area contributed by atoms with Crippen LogP contribution < -0.4 is 10.6 Å². The van der Waals surface area contributed by atoms with Crippen molar-refractivity contribution >= 4 is 5.91 Å². The first-order valence-corrected chi connectivity index (χ1v) is 6.83. The van der Waals surface area contributed by atoms with E-state index in [1.165, 1.54) is 0 Å². The molecule has 1 aliphatic heterocycles. The Morgan fingerprint density at radius 2 is 2.22 bits per heavy atom. The van der Waals surface area contributed by atoms with Gasteiger partial charge in [0.2, 0.25) is 5.91 Å². The van der Waals surface area contributed by atoms with Crippen LogP contribution >= 0.6 is 0 Å². The highest BCUT2D eigenvalue weighted by Gasteiger charge is 2.24. The van der Waals surface area contributed by atoms with Crippen LogP contribution in [0, 0.1) is 5.92 Å². The summed E-state index contributed by atoms with van der Waals surface area (Å²) in [5, 5.41) is 6.31. The van der Waals surface area contributed by atoms with Crippen molar-refractivity contribution in [3.8, 4) is 0 Å². The second-order valence-corrected chi connectivity index (χ2v) is 5.28. The summed E-state index contributed by atoms with van der Waals surface area (Å²) >= 11 is 0. The number of piperidine rings is 1. The number of amides is 1. The number of carbonyl (C=O) groups is 1. The highest BCUT2D eigenvalue weighted by Crippen LogP contribution is 2.15. The van der Waals surface area contributed by atoms with Crippen LogP contribution in [-0.4, -0.2) is 63.8 Å². The lowest BCUT2D eigenvalue weighted by atomic mass is 9.92. The fraction of sp³-hybridized carbons (Fsp3) is 0.923. The molecular formula is C13H27N3O2. The third-order valence-corrected chi connectivity index (χ3v) is 3.22. The number of rotatable bonds is 7. The summed E-state index contributed by atoms with van der Waals surface area (Å²) in [6.07, 6.45) is 1.88. The molecule has 0 aromatic rings. The minimum Gasteiger partial charge on any atom is -0.378 e. The van der Waals surface area contributed by atoms with Crippen LogP contribution in [0.3, 0.4) is 0 Å². The zero-order valence-electron chi connectivity index (χ0n) is 11.9. The van der Waals surface area contributed by atoms with Crippen LogP contribution in [0.4, 0.5) is 0 Å². The number of nitrogens with zero attached hydrogens (tertiary/aromatic N) is 1. The largest absolute Gasteiger partial charge is 0.378 e. The molecule has 5 nitrogen and oxygen atoms in total. The first kappa shape index (κ1) is 15.4. The summed E-state index contributed by atoms with van der Waals surface area (Å²) in [6, 6.07) is 0.450. The lowest BCUT2D eigenvalue weighted by Gasteiger charge is -2.27. The maximum atomic E-state index is 11.9. The Kier molecular flexibility index (Phi) is 7.23. The fourth-order valence-electron chi connectivity index (χ4n) is 2.11. The molecule has 0 aliphatic carbocycles. The number of carbonyl (C=O) groups excluding carboxylic acids is 1. The van der Waals surface area contributed by atoms with Crippen molar-refractivity contribution in [2.24, 2.45) is 5.92 Å². The van der Waals surface area contributed by atoms with Crippen molar-refractivity contribution in [1.82, 2.24) is 15.5 Å². The highest BCUT2D eigenvalue weighted by atomic mass is 16.5. The van der Waals surface area contributed by atoms with E-state index in [9.17, 15) is 4.79 Å². The van der Waals surface area contributed by atoms with Gasteiger partial charge in [-0.25, -0.2) is 0 Å². The second kappa shape index (κ2) is 8.45. The molecule has 2 N–H and O–H groups in total. The number of nitrogens with one attached hydrogen (secondary N) is 2. The van der Waals surface area contributed by atoms with Crippen molar-refractivity contribution in [2.45, 2.75) is 25.8 Å². The Bertz CT molecular complexity index is 246. The Morgan fingerprint density at radius 1 is 1.44 bits per heavy atom. The van der Waals surface area contributed by atoms with Crippen LogP contribution in [-0.2, 0) is 9.53 Å². The fourth-order valence-corrected chi connectivity index (χ4v) is 2.11. The van der Waals surface area contributed by atoms with Gasteiger partial charge in [-0.2, -0.15) is 0 Å². The van der Waals surface area contributed by atoms with Gasteiger partial charge in [-0.15, -0.1) is 0 Å². The molecule has 2 atom stereocenters. The average molecular weight is 257 g/mol. The molecule has 0 bridgehead atoms. The van der Waals surface area contributed by atoms with E-state index in [0.29, 0.717) is 25.8 Å². The van der Waals surface area contributed by atoms with Crippen LogP contribution in [0.1, 0.15) is 19.8 Å². The van der Waals surface area contributed by atoms with E-state index in [2.05, 4.69) is 22.5 Å². The third kappa shape index (κ3) is 6.33. The van der Waals surface area contributed by atoms with Crippen molar-refractivity contribution < 1.29 is 9.53 Å². The monoisotopic (exact) mass is 257 g/mol.